The number of nitrogens with zero attached hydrogens (tertiary/aromatic N) is 6. The van der Waals surface area contributed by atoms with Gasteiger partial charge in [-0.2, -0.15) is 0 Å². The van der Waals surface area contributed by atoms with E-state index < -0.39 is 5.97 Å². The van der Waals surface area contributed by atoms with Gasteiger partial charge in [0.15, 0.2) is 6.29 Å². The van der Waals surface area contributed by atoms with Gasteiger partial charge in [0.1, 0.15) is 11.4 Å². The molecule has 0 saturated carbocycles. The zero-order valence-electron chi connectivity index (χ0n) is 17.8. The molecule has 1 N–H and O–H groups in total. The van der Waals surface area contributed by atoms with E-state index in [2.05, 4.69) is 31.0 Å². The second-order valence-electron chi connectivity index (χ2n) is 6.28. The van der Waals surface area contributed by atoms with Gasteiger partial charge >= 0.3 is 5.97 Å². The zero-order chi connectivity index (χ0) is 24.6. The van der Waals surface area contributed by atoms with Crippen LogP contribution in [0.1, 0.15) is 34.7 Å². The fourth-order valence-electron chi connectivity index (χ4n) is 1.96. The molecule has 0 unspecified atom stereocenters. The summed E-state index contributed by atoms with van der Waals surface area (Å²) in [5, 5.41) is 19.4. The number of aldehydes is 1. The Kier molecular flexibility index (Phi) is 11.2. The number of rotatable bonds is 6. The number of hydrogen-bond acceptors (Lipinski definition) is 7. The SMILES string of the molecule is C#CC(C)C.O=Cc1cn(-c2cccc(C(=O)O)c2)nn1.[N-]=[N+]=Nc1cccc(OC=O)c1. The first kappa shape index (κ1) is 26.1. The minimum Gasteiger partial charge on any atom is -0.478 e. The smallest absolute Gasteiger partial charge is 0.335 e. The molecule has 3 aromatic rings. The van der Waals surface area contributed by atoms with Crippen LogP contribution in [0.2, 0.25) is 0 Å². The first-order valence-electron chi connectivity index (χ1n) is 9.27. The van der Waals surface area contributed by atoms with Crippen LogP contribution in [0.4, 0.5) is 5.69 Å². The van der Waals surface area contributed by atoms with E-state index in [1.807, 2.05) is 13.8 Å². The Labute approximate surface area is 189 Å². The van der Waals surface area contributed by atoms with Gasteiger partial charge in [0.25, 0.3) is 6.47 Å². The van der Waals surface area contributed by atoms with Crippen molar-refractivity contribution in [2.24, 2.45) is 11.0 Å². The van der Waals surface area contributed by atoms with Crippen molar-refractivity contribution in [1.29, 1.82) is 0 Å². The summed E-state index contributed by atoms with van der Waals surface area (Å²) in [6, 6.07) is 12.5. The molecule has 1 heterocycles. The minimum atomic E-state index is -1.02. The summed E-state index contributed by atoms with van der Waals surface area (Å²) in [6.07, 6.45) is 6.92. The average Bonchev–Trinajstić information content (AvgIpc) is 3.30. The van der Waals surface area contributed by atoms with Crippen molar-refractivity contribution in [1.82, 2.24) is 15.0 Å². The monoisotopic (exact) mass is 448 g/mol. The second-order valence-corrected chi connectivity index (χ2v) is 6.28. The summed E-state index contributed by atoms with van der Waals surface area (Å²) in [5.74, 6) is 2.28. The van der Waals surface area contributed by atoms with Crippen molar-refractivity contribution < 1.29 is 24.2 Å². The first-order chi connectivity index (χ1) is 15.8. The number of carbonyl (C=O) groups is 3. The van der Waals surface area contributed by atoms with E-state index in [1.165, 1.54) is 29.1 Å². The summed E-state index contributed by atoms with van der Waals surface area (Å²) < 4.78 is 5.87. The third-order valence-corrected chi connectivity index (χ3v) is 3.48. The Morgan fingerprint density at radius 2 is 1.97 bits per heavy atom. The zero-order valence-corrected chi connectivity index (χ0v) is 17.8. The average molecular weight is 448 g/mol. The van der Waals surface area contributed by atoms with E-state index >= 15 is 0 Å². The molecule has 0 fully saturated rings. The van der Waals surface area contributed by atoms with Gasteiger partial charge in [0.05, 0.1) is 17.4 Å². The predicted octanol–water partition coefficient (Wildman–Crippen LogP) is 4.22. The molecule has 0 radical (unpaired) electrons. The molecule has 0 saturated heterocycles. The van der Waals surface area contributed by atoms with E-state index in [0.29, 0.717) is 35.8 Å². The van der Waals surface area contributed by atoms with E-state index in [0.717, 1.165) is 0 Å². The molecule has 0 aliphatic heterocycles. The molecule has 168 valence electrons. The number of hydrogen-bond donors (Lipinski definition) is 1. The number of aromatic nitrogens is 3. The Hall–Kier alpha value is -4.94. The molecular weight excluding hydrogens is 428 g/mol. The molecule has 0 spiro atoms. The Bertz CT molecular complexity index is 1180. The summed E-state index contributed by atoms with van der Waals surface area (Å²) in [4.78, 5) is 33.7. The van der Waals surface area contributed by atoms with Gasteiger partial charge in [-0.1, -0.05) is 42.4 Å². The fourth-order valence-corrected chi connectivity index (χ4v) is 1.96. The molecule has 0 aliphatic carbocycles. The minimum absolute atomic E-state index is 0.153. The number of aromatic carboxylic acids is 1. The lowest BCUT2D eigenvalue weighted by Crippen LogP contribution is -2.00. The Balaban J connectivity index is 0.000000283. The fraction of sp³-hybridized carbons (Fsp3) is 0.136. The topological polar surface area (TPSA) is 160 Å². The highest BCUT2D eigenvalue weighted by molar-refractivity contribution is 5.88. The molecule has 1 aromatic heterocycles. The van der Waals surface area contributed by atoms with Gasteiger partial charge in [0.2, 0.25) is 0 Å². The highest BCUT2D eigenvalue weighted by atomic mass is 16.5. The molecule has 0 bridgehead atoms. The number of carbonyl (C=O) groups excluding carboxylic acids is 2. The van der Waals surface area contributed by atoms with Gasteiger partial charge in [-0.25, -0.2) is 9.48 Å². The van der Waals surface area contributed by atoms with Crippen molar-refractivity contribution in [3.8, 4) is 23.8 Å². The van der Waals surface area contributed by atoms with Crippen LogP contribution in [0.5, 0.6) is 5.75 Å². The van der Waals surface area contributed by atoms with Crippen LogP contribution in [-0.2, 0) is 4.79 Å². The summed E-state index contributed by atoms with van der Waals surface area (Å²) in [7, 11) is 0. The van der Waals surface area contributed by atoms with E-state index in [-0.39, 0.29) is 11.3 Å². The molecule has 11 heteroatoms. The van der Waals surface area contributed by atoms with E-state index in [4.69, 9.17) is 17.1 Å². The normalized spacial score (nSPS) is 9.03. The lowest BCUT2D eigenvalue weighted by Gasteiger charge is -2.00. The lowest BCUT2D eigenvalue weighted by atomic mass is 10.2. The highest BCUT2D eigenvalue weighted by Crippen LogP contribution is 2.19. The molecule has 11 nitrogen and oxygen atoms in total. The van der Waals surface area contributed by atoms with Crippen molar-refractivity contribution in [3.63, 3.8) is 0 Å². The maximum absolute atomic E-state index is 10.7. The van der Waals surface area contributed by atoms with Gasteiger partial charge in [-0.3, -0.25) is 9.59 Å². The number of terminal acetylenes is 1. The first-order valence-corrected chi connectivity index (χ1v) is 9.27. The molecular formula is C22H20N6O5. The maximum Gasteiger partial charge on any atom is 0.335 e. The number of ether oxygens (including phenoxy) is 1. The van der Waals surface area contributed by atoms with Crippen molar-refractivity contribution in [3.05, 3.63) is 76.4 Å². The third kappa shape index (κ3) is 9.61. The van der Waals surface area contributed by atoms with Crippen molar-refractivity contribution in [2.45, 2.75) is 13.8 Å². The highest BCUT2D eigenvalue weighted by Gasteiger charge is 2.06. The largest absolute Gasteiger partial charge is 0.478 e. The van der Waals surface area contributed by atoms with Gasteiger partial charge in [-0.15, -0.1) is 17.4 Å². The molecule has 0 amide bonds. The van der Waals surface area contributed by atoms with Crippen molar-refractivity contribution >= 4 is 24.4 Å². The van der Waals surface area contributed by atoms with E-state index in [9.17, 15) is 14.4 Å². The molecule has 0 aliphatic rings. The van der Waals surface area contributed by atoms with E-state index in [1.54, 1.807) is 30.3 Å². The summed E-state index contributed by atoms with van der Waals surface area (Å²) in [6.45, 7) is 4.29. The van der Waals surface area contributed by atoms with Gasteiger partial charge in [-0.05, 0) is 35.9 Å². The number of benzene rings is 2. The lowest BCUT2D eigenvalue weighted by molar-refractivity contribution is -0.120. The van der Waals surface area contributed by atoms with Crippen LogP contribution in [-0.4, -0.2) is 38.8 Å². The maximum atomic E-state index is 10.7. The van der Waals surface area contributed by atoms with Crippen LogP contribution >= 0.6 is 0 Å². The molecule has 0 atom stereocenters. The Morgan fingerprint density at radius 3 is 2.52 bits per heavy atom. The molecule has 3 rings (SSSR count). The van der Waals surface area contributed by atoms with Gasteiger partial charge in [0, 0.05) is 16.5 Å². The number of carboxylic acids is 1. The van der Waals surface area contributed by atoms with Crippen LogP contribution < -0.4 is 4.74 Å². The summed E-state index contributed by atoms with van der Waals surface area (Å²) in [5.41, 5.74) is 9.39. The second kappa shape index (κ2) is 14.1. The number of carboxylic acid groups (broad SMARTS) is 1. The Morgan fingerprint density at radius 1 is 1.27 bits per heavy atom. The number of azide groups is 1. The summed E-state index contributed by atoms with van der Waals surface area (Å²) >= 11 is 0. The van der Waals surface area contributed by atoms with Crippen molar-refractivity contribution in [2.75, 3.05) is 0 Å². The predicted molar refractivity (Wildman–Crippen MR) is 119 cm³/mol. The van der Waals surface area contributed by atoms with Crippen LogP contribution in [0.15, 0.2) is 59.8 Å². The molecule has 33 heavy (non-hydrogen) atoms. The molecule has 2 aromatic carbocycles. The third-order valence-electron chi connectivity index (χ3n) is 3.48. The van der Waals surface area contributed by atoms with Crippen LogP contribution in [0, 0.1) is 18.3 Å². The van der Waals surface area contributed by atoms with Crippen LogP contribution in [0.25, 0.3) is 16.1 Å². The van der Waals surface area contributed by atoms with Crippen LogP contribution in [0.3, 0.4) is 0 Å². The quantitative estimate of drug-likeness (QED) is 0.194. The van der Waals surface area contributed by atoms with Gasteiger partial charge < -0.3 is 9.84 Å². The standard InChI is InChI=1S/C10H7N3O3.C7H5N3O2.C5H8/c14-6-8-5-13(12-11-8)9-3-1-2-7(4-9)10(15)16;8-10-9-6-2-1-3-7(4-6)12-5-11;1-4-5(2)3/h1-6H,(H,15,16);1-5H;1,5H,2-3H3.